The molecule has 0 saturated carbocycles. The van der Waals surface area contributed by atoms with Gasteiger partial charge in [-0.15, -0.1) is 0 Å². The second kappa shape index (κ2) is 11.3. The van der Waals surface area contributed by atoms with Crippen LogP contribution in [0.3, 0.4) is 0 Å². The molecule has 0 spiro atoms. The molecule has 0 aromatic heterocycles. The molecule has 96 valence electrons. The lowest BCUT2D eigenvalue weighted by Crippen LogP contribution is -2.33. The first kappa shape index (κ1) is 15.8. The summed E-state index contributed by atoms with van der Waals surface area (Å²) < 4.78 is 5.11. The van der Waals surface area contributed by atoms with Gasteiger partial charge in [-0.05, 0) is 24.9 Å². The fourth-order valence-electron chi connectivity index (χ4n) is 1.35. The van der Waals surface area contributed by atoms with Crippen LogP contribution in [0, 0.1) is 0 Å². The van der Waals surface area contributed by atoms with Gasteiger partial charge in [0.25, 0.3) is 0 Å². The Morgan fingerprint density at radius 3 is 2.62 bits per heavy atom. The van der Waals surface area contributed by atoms with Crippen molar-refractivity contribution < 1.29 is 9.53 Å². The minimum Gasteiger partial charge on any atom is -0.465 e. The van der Waals surface area contributed by atoms with Crippen LogP contribution in [0.2, 0.25) is 0 Å². The number of unbranched alkanes of at least 4 members (excludes halogenated alkanes) is 4. The molecule has 0 aromatic carbocycles. The highest BCUT2D eigenvalue weighted by molar-refractivity contribution is 7.98. The highest BCUT2D eigenvalue weighted by Gasteiger charge is 2.13. The van der Waals surface area contributed by atoms with Gasteiger partial charge < -0.3 is 10.5 Å². The molecule has 0 heterocycles. The van der Waals surface area contributed by atoms with Crippen LogP contribution < -0.4 is 5.73 Å². The minimum absolute atomic E-state index is 0.246. The van der Waals surface area contributed by atoms with Crippen molar-refractivity contribution in [2.45, 2.75) is 51.5 Å². The van der Waals surface area contributed by atoms with E-state index in [1.54, 1.807) is 11.8 Å². The van der Waals surface area contributed by atoms with Crippen LogP contribution in [0.5, 0.6) is 0 Å². The highest BCUT2D eigenvalue weighted by atomic mass is 32.2. The first-order chi connectivity index (χ1) is 7.72. The third-order valence-electron chi connectivity index (χ3n) is 2.43. The van der Waals surface area contributed by atoms with Gasteiger partial charge in [-0.2, -0.15) is 11.8 Å². The average Bonchev–Trinajstić information content (AvgIpc) is 2.30. The lowest BCUT2D eigenvalue weighted by molar-refractivity contribution is -0.145. The Hall–Kier alpha value is -0.220. The molecule has 3 nitrogen and oxygen atoms in total. The van der Waals surface area contributed by atoms with Crippen LogP contribution in [-0.2, 0) is 9.53 Å². The van der Waals surface area contributed by atoms with Crippen LogP contribution in [0.4, 0.5) is 0 Å². The fraction of sp³-hybridized carbons (Fsp3) is 0.917. The summed E-state index contributed by atoms with van der Waals surface area (Å²) >= 11 is 1.70. The van der Waals surface area contributed by atoms with Gasteiger partial charge >= 0.3 is 5.97 Å². The number of thioether (sulfide) groups is 1. The quantitative estimate of drug-likeness (QED) is 0.476. The summed E-state index contributed by atoms with van der Waals surface area (Å²) in [5.41, 5.74) is 5.68. The molecule has 0 radical (unpaired) electrons. The maximum Gasteiger partial charge on any atom is 0.322 e. The largest absolute Gasteiger partial charge is 0.465 e. The topological polar surface area (TPSA) is 52.3 Å². The Morgan fingerprint density at radius 2 is 2.00 bits per heavy atom. The molecule has 0 saturated heterocycles. The molecule has 4 heteroatoms. The van der Waals surface area contributed by atoms with Crippen molar-refractivity contribution >= 4 is 17.7 Å². The molecular weight excluding hydrogens is 222 g/mol. The lowest BCUT2D eigenvalue weighted by atomic mass is 10.2. The zero-order valence-electron chi connectivity index (χ0n) is 10.5. The van der Waals surface area contributed by atoms with Crippen molar-refractivity contribution in [3.8, 4) is 0 Å². The normalized spacial score (nSPS) is 12.4. The van der Waals surface area contributed by atoms with Gasteiger partial charge in [0.2, 0.25) is 0 Å². The summed E-state index contributed by atoms with van der Waals surface area (Å²) in [5.74, 6) is 0.664. The van der Waals surface area contributed by atoms with E-state index in [0.29, 0.717) is 13.0 Å². The SMILES string of the molecule is CCCCCCCOC(=O)[C@H](N)CCSC. The summed E-state index contributed by atoms with van der Waals surface area (Å²) in [6.07, 6.45) is 8.54. The Kier molecular flexibility index (Phi) is 11.1. The molecule has 0 aliphatic rings. The van der Waals surface area contributed by atoms with E-state index in [0.717, 1.165) is 18.6 Å². The van der Waals surface area contributed by atoms with Crippen LogP contribution >= 0.6 is 11.8 Å². The molecule has 0 unspecified atom stereocenters. The Labute approximate surface area is 103 Å². The van der Waals surface area contributed by atoms with Crippen molar-refractivity contribution in [3.05, 3.63) is 0 Å². The van der Waals surface area contributed by atoms with E-state index in [9.17, 15) is 4.79 Å². The molecular formula is C12H25NO2S. The monoisotopic (exact) mass is 247 g/mol. The summed E-state index contributed by atoms with van der Waals surface area (Å²) in [6.45, 7) is 2.71. The van der Waals surface area contributed by atoms with Crippen LogP contribution in [0.1, 0.15) is 45.4 Å². The number of ether oxygens (including phenoxy) is 1. The fourth-order valence-corrected chi connectivity index (χ4v) is 1.84. The summed E-state index contributed by atoms with van der Waals surface area (Å²) in [6, 6.07) is -0.442. The zero-order valence-corrected chi connectivity index (χ0v) is 11.4. The molecule has 0 amide bonds. The number of esters is 1. The number of hydrogen-bond donors (Lipinski definition) is 1. The Morgan fingerprint density at radius 1 is 1.31 bits per heavy atom. The standard InChI is InChI=1S/C12H25NO2S/c1-3-4-5-6-7-9-15-12(14)11(13)8-10-16-2/h11H,3-10,13H2,1-2H3/t11-/m1/s1. The molecule has 0 aliphatic heterocycles. The van der Waals surface area contributed by atoms with E-state index in [4.69, 9.17) is 10.5 Å². The van der Waals surface area contributed by atoms with Gasteiger partial charge in [0.15, 0.2) is 0 Å². The van der Waals surface area contributed by atoms with E-state index in [1.165, 1.54) is 19.3 Å². The molecule has 0 rings (SSSR count). The molecule has 2 N–H and O–H groups in total. The van der Waals surface area contributed by atoms with Crippen molar-refractivity contribution in [1.29, 1.82) is 0 Å². The maximum absolute atomic E-state index is 11.4. The van der Waals surface area contributed by atoms with Crippen LogP contribution in [-0.4, -0.2) is 30.6 Å². The summed E-state index contributed by atoms with van der Waals surface area (Å²) in [7, 11) is 0. The average molecular weight is 247 g/mol. The van der Waals surface area contributed by atoms with E-state index >= 15 is 0 Å². The molecule has 0 aliphatic carbocycles. The summed E-state index contributed by atoms with van der Waals surface area (Å²) in [5, 5.41) is 0. The van der Waals surface area contributed by atoms with Crippen molar-refractivity contribution in [1.82, 2.24) is 0 Å². The zero-order chi connectivity index (χ0) is 12.2. The molecule has 0 aromatic rings. The Balaban J connectivity index is 3.35. The van der Waals surface area contributed by atoms with Gasteiger partial charge in [0.1, 0.15) is 6.04 Å². The predicted octanol–water partition coefficient (Wildman–Crippen LogP) is 2.58. The number of rotatable bonds is 10. The molecule has 16 heavy (non-hydrogen) atoms. The van der Waals surface area contributed by atoms with Crippen LogP contribution in [0.25, 0.3) is 0 Å². The van der Waals surface area contributed by atoms with Gasteiger partial charge in [-0.3, -0.25) is 4.79 Å². The molecule has 1 atom stereocenters. The summed E-state index contributed by atoms with van der Waals surface area (Å²) in [4.78, 5) is 11.4. The van der Waals surface area contributed by atoms with Gasteiger partial charge in [0.05, 0.1) is 6.61 Å². The van der Waals surface area contributed by atoms with E-state index < -0.39 is 6.04 Å². The van der Waals surface area contributed by atoms with Gasteiger partial charge in [0, 0.05) is 0 Å². The van der Waals surface area contributed by atoms with Crippen LogP contribution in [0.15, 0.2) is 0 Å². The number of carbonyl (C=O) groups is 1. The van der Waals surface area contributed by atoms with Crippen molar-refractivity contribution in [2.24, 2.45) is 5.73 Å². The maximum atomic E-state index is 11.4. The van der Waals surface area contributed by atoms with Gasteiger partial charge in [-0.25, -0.2) is 0 Å². The number of carbonyl (C=O) groups excluding carboxylic acids is 1. The van der Waals surface area contributed by atoms with Crippen molar-refractivity contribution in [2.75, 3.05) is 18.6 Å². The molecule has 0 bridgehead atoms. The first-order valence-electron chi connectivity index (χ1n) is 6.13. The number of nitrogens with two attached hydrogens (primary N) is 1. The lowest BCUT2D eigenvalue weighted by Gasteiger charge is -2.10. The number of hydrogen-bond acceptors (Lipinski definition) is 4. The van der Waals surface area contributed by atoms with E-state index in [1.807, 2.05) is 6.26 Å². The highest BCUT2D eigenvalue weighted by Crippen LogP contribution is 2.04. The second-order valence-electron chi connectivity index (χ2n) is 3.97. The Bertz CT molecular complexity index is 176. The third-order valence-corrected chi connectivity index (χ3v) is 3.07. The first-order valence-corrected chi connectivity index (χ1v) is 7.53. The second-order valence-corrected chi connectivity index (χ2v) is 4.96. The van der Waals surface area contributed by atoms with Crippen molar-refractivity contribution in [3.63, 3.8) is 0 Å². The van der Waals surface area contributed by atoms with E-state index in [2.05, 4.69) is 6.92 Å². The van der Waals surface area contributed by atoms with E-state index in [-0.39, 0.29) is 5.97 Å². The van der Waals surface area contributed by atoms with Gasteiger partial charge in [-0.1, -0.05) is 32.6 Å². The smallest absolute Gasteiger partial charge is 0.322 e. The predicted molar refractivity (Wildman–Crippen MR) is 70.7 cm³/mol. The minimum atomic E-state index is -0.442. The molecule has 0 fully saturated rings. The third kappa shape index (κ3) is 9.04.